The van der Waals surface area contributed by atoms with Crippen molar-refractivity contribution in [3.05, 3.63) is 65.7 Å². The van der Waals surface area contributed by atoms with Crippen LogP contribution in [0.2, 0.25) is 0 Å². The molecule has 1 N–H and O–H groups in total. The Morgan fingerprint density at radius 2 is 1.77 bits per heavy atom. The number of nitrogens with one attached hydrogen (secondary N) is 1. The van der Waals surface area contributed by atoms with Gasteiger partial charge in [0.2, 0.25) is 5.91 Å². The first-order valence-electron chi connectivity index (χ1n) is 7.24. The summed E-state index contributed by atoms with van der Waals surface area (Å²) < 4.78 is 0. The minimum Gasteiger partial charge on any atom is -0.352 e. The summed E-state index contributed by atoms with van der Waals surface area (Å²) in [4.78, 5) is 25.7. The summed E-state index contributed by atoms with van der Waals surface area (Å²) in [6.07, 6.45) is 0.267. The third-order valence-electron chi connectivity index (χ3n) is 3.42. The Balaban J connectivity index is 1.83. The fraction of sp³-hybridized carbons (Fsp3) is 0.222. The molecule has 2 aromatic carbocycles. The zero-order valence-electron chi connectivity index (χ0n) is 12.9. The Labute approximate surface area is 130 Å². The number of benzene rings is 2. The molecule has 114 valence electrons. The fourth-order valence-corrected chi connectivity index (χ4v) is 2.13. The van der Waals surface area contributed by atoms with Crippen molar-refractivity contribution in [3.63, 3.8) is 0 Å². The number of nitrogens with zero attached hydrogens (tertiary/aromatic N) is 1. The van der Waals surface area contributed by atoms with Crippen molar-refractivity contribution in [2.75, 3.05) is 18.5 Å². The molecule has 4 nitrogen and oxygen atoms in total. The quantitative estimate of drug-likeness (QED) is 0.922. The molecular formula is C18H20N2O2. The van der Waals surface area contributed by atoms with Gasteiger partial charge in [-0.2, -0.15) is 0 Å². The molecule has 22 heavy (non-hydrogen) atoms. The number of para-hydroxylation sites is 1. The van der Waals surface area contributed by atoms with Gasteiger partial charge in [-0.1, -0.05) is 35.9 Å². The first kappa shape index (κ1) is 15.8. The van der Waals surface area contributed by atoms with Gasteiger partial charge in [0.15, 0.2) is 0 Å². The summed E-state index contributed by atoms with van der Waals surface area (Å²) in [5.41, 5.74) is 2.49. The van der Waals surface area contributed by atoms with Gasteiger partial charge in [-0.15, -0.1) is 0 Å². The highest BCUT2D eigenvalue weighted by atomic mass is 16.2. The average Bonchev–Trinajstić information content (AvgIpc) is 2.54. The predicted octanol–water partition coefficient (Wildman–Crippen LogP) is 2.78. The maximum Gasteiger partial charge on any atom is 0.251 e. The van der Waals surface area contributed by atoms with Gasteiger partial charge >= 0.3 is 0 Å². The predicted molar refractivity (Wildman–Crippen MR) is 88.0 cm³/mol. The van der Waals surface area contributed by atoms with Gasteiger partial charge in [0, 0.05) is 31.3 Å². The molecule has 2 amide bonds. The number of hydrogen-bond acceptors (Lipinski definition) is 2. The molecular weight excluding hydrogens is 276 g/mol. The molecule has 0 spiro atoms. The van der Waals surface area contributed by atoms with Crippen LogP contribution in [-0.4, -0.2) is 25.4 Å². The molecule has 2 rings (SSSR count). The van der Waals surface area contributed by atoms with E-state index in [0.717, 1.165) is 11.3 Å². The summed E-state index contributed by atoms with van der Waals surface area (Å²) >= 11 is 0. The van der Waals surface area contributed by atoms with Crippen molar-refractivity contribution >= 4 is 17.5 Å². The van der Waals surface area contributed by atoms with Gasteiger partial charge < -0.3 is 10.2 Å². The number of carbonyl (C=O) groups excluding carboxylic acids is 2. The van der Waals surface area contributed by atoms with E-state index in [1.807, 2.05) is 55.5 Å². The van der Waals surface area contributed by atoms with E-state index >= 15 is 0 Å². The van der Waals surface area contributed by atoms with Crippen molar-refractivity contribution in [1.82, 2.24) is 5.32 Å². The van der Waals surface area contributed by atoms with E-state index in [-0.39, 0.29) is 18.2 Å². The maximum absolute atomic E-state index is 12.1. The minimum absolute atomic E-state index is 0.0317. The summed E-state index contributed by atoms with van der Waals surface area (Å²) in [5, 5.41) is 2.78. The topological polar surface area (TPSA) is 49.4 Å². The van der Waals surface area contributed by atoms with E-state index in [1.165, 1.54) is 0 Å². The lowest BCUT2D eigenvalue weighted by atomic mass is 10.1. The van der Waals surface area contributed by atoms with Gasteiger partial charge in [0.05, 0.1) is 0 Å². The number of amides is 2. The number of rotatable bonds is 5. The van der Waals surface area contributed by atoms with Crippen LogP contribution in [0.25, 0.3) is 0 Å². The first-order valence-corrected chi connectivity index (χ1v) is 7.24. The number of anilines is 1. The largest absolute Gasteiger partial charge is 0.352 e. The second-order valence-electron chi connectivity index (χ2n) is 5.16. The summed E-state index contributed by atoms with van der Waals surface area (Å²) in [7, 11) is 1.74. The standard InChI is InChI=1S/C18H20N2O2/c1-14-7-6-8-15(13-14)18(22)19-12-11-17(21)20(2)16-9-4-3-5-10-16/h3-10,13H,11-12H2,1-2H3,(H,19,22). The highest BCUT2D eigenvalue weighted by Crippen LogP contribution is 2.11. The number of aryl methyl sites for hydroxylation is 1. The molecule has 0 aliphatic carbocycles. The minimum atomic E-state index is -0.154. The Morgan fingerprint density at radius 1 is 1.05 bits per heavy atom. The monoisotopic (exact) mass is 296 g/mol. The third-order valence-corrected chi connectivity index (χ3v) is 3.42. The molecule has 0 aliphatic rings. The van der Waals surface area contributed by atoms with Crippen LogP contribution in [0.15, 0.2) is 54.6 Å². The molecule has 0 saturated carbocycles. The van der Waals surface area contributed by atoms with Crippen LogP contribution in [0.3, 0.4) is 0 Å². The van der Waals surface area contributed by atoms with Crippen LogP contribution >= 0.6 is 0 Å². The van der Waals surface area contributed by atoms with E-state index in [1.54, 1.807) is 18.0 Å². The number of carbonyl (C=O) groups is 2. The van der Waals surface area contributed by atoms with E-state index in [2.05, 4.69) is 5.32 Å². The van der Waals surface area contributed by atoms with Crippen molar-refractivity contribution < 1.29 is 9.59 Å². The van der Waals surface area contributed by atoms with Crippen molar-refractivity contribution in [1.29, 1.82) is 0 Å². The van der Waals surface area contributed by atoms with Crippen molar-refractivity contribution in [2.24, 2.45) is 0 Å². The zero-order chi connectivity index (χ0) is 15.9. The lowest BCUT2D eigenvalue weighted by molar-refractivity contribution is -0.118. The van der Waals surface area contributed by atoms with Gasteiger partial charge in [-0.25, -0.2) is 0 Å². The zero-order valence-corrected chi connectivity index (χ0v) is 12.9. The first-order chi connectivity index (χ1) is 10.6. The molecule has 0 bridgehead atoms. The molecule has 0 saturated heterocycles. The molecule has 0 radical (unpaired) electrons. The Bertz CT molecular complexity index is 653. The van der Waals surface area contributed by atoms with Crippen LogP contribution < -0.4 is 10.2 Å². The lowest BCUT2D eigenvalue weighted by Crippen LogP contribution is -2.32. The van der Waals surface area contributed by atoms with E-state index in [0.29, 0.717) is 12.1 Å². The molecule has 0 atom stereocenters. The Kier molecular flexibility index (Phi) is 5.31. The molecule has 0 fully saturated rings. The van der Waals surface area contributed by atoms with Gasteiger partial charge in [-0.3, -0.25) is 9.59 Å². The van der Waals surface area contributed by atoms with Gasteiger partial charge in [0.1, 0.15) is 0 Å². The van der Waals surface area contributed by atoms with Crippen LogP contribution in [-0.2, 0) is 4.79 Å². The SMILES string of the molecule is Cc1cccc(C(=O)NCCC(=O)N(C)c2ccccc2)c1. The van der Waals surface area contributed by atoms with Gasteiger partial charge in [-0.05, 0) is 31.2 Å². The second-order valence-corrected chi connectivity index (χ2v) is 5.16. The molecule has 4 heteroatoms. The Morgan fingerprint density at radius 3 is 2.45 bits per heavy atom. The third kappa shape index (κ3) is 4.19. The van der Waals surface area contributed by atoms with Crippen molar-refractivity contribution in [3.8, 4) is 0 Å². The van der Waals surface area contributed by atoms with Crippen LogP contribution in [0.1, 0.15) is 22.3 Å². The fourth-order valence-electron chi connectivity index (χ4n) is 2.13. The van der Waals surface area contributed by atoms with E-state index in [4.69, 9.17) is 0 Å². The van der Waals surface area contributed by atoms with Crippen LogP contribution in [0.4, 0.5) is 5.69 Å². The summed E-state index contributed by atoms with van der Waals surface area (Å²) in [6, 6.07) is 16.8. The van der Waals surface area contributed by atoms with E-state index in [9.17, 15) is 9.59 Å². The molecule has 0 unspecified atom stereocenters. The highest BCUT2D eigenvalue weighted by molar-refractivity contribution is 5.96. The van der Waals surface area contributed by atoms with Gasteiger partial charge in [0.25, 0.3) is 5.91 Å². The smallest absolute Gasteiger partial charge is 0.251 e. The van der Waals surface area contributed by atoms with Crippen molar-refractivity contribution in [2.45, 2.75) is 13.3 Å². The van der Waals surface area contributed by atoms with Crippen LogP contribution in [0, 0.1) is 6.92 Å². The highest BCUT2D eigenvalue weighted by Gasteiger charge is 2.11. The van der Waals surface area contributed by atoms with Crippen LogP contribution in [0.5, 0.6) is 0 Å². The normalized spacial score (nSPS) is 10.1. The maximum atomic E-state index is 12.1. The summed E-state index contributed by atoms with van der Waals surface area (Å²) in [5.74, 6) is -0.186. The molecule has 0 aromatic heterocycles. The molecule has 2 aromatic rings. The van der Waals surface area contributed by atoms with E-state index < -0.39 is 0 Å². The molecule has 0 heterocycles. The average molecular weight is 296 g/mol. The molecule has 0 aliphatic heterocycles. The Hall–Kier alpha value is -2.62. The number of hydrogen-bond donors (Lipinski definition) is 1. The lowest BCUT2D eigenvalue weighted by Gasteiger charge is -2.17. The summed E-state index contributed by atoms with van der Waals surface area (Å²) in [6.45, 7) is 2.26. The second kappa shape index (κ2) is 7.41.